The second-order valence-electron chi connectivity index (χ2n) is 4.98. The lowest BCUT2D eigenvalue weighted by molar-refractivity contribution is 0.371. The monoisotopic (exact) mass is 374 g/mol. The molecule has 2 aromatic rings. The van der Waals surface area contributed by atoms with Crippen LogP contribution in [0, 0.1) is 29.1 Å². The van der Waals surface area contributed by atoms with E-state index in [-0.39, 0.29) is 0 Å². The highest BCUT2D eigenvalue weighted by molar-refractivity contribution is 6.17. The summed E-state index contributed by atoms with van der Waals surface area (Å²) in [6.45, 7) is 6.82. The van der Waals surface area contributed by atoms with Crippen LogP contribution in [0.3, 0.4) is 0 Å². The van der Waals surface area contributed by atoms with Gasteiger partial charge in [-0.05, 0) is 24.0 Å². The number of rotatable bonds is 5. The Bertz CT molecular complexity index is 709. The van der Waals surface area contributed by atoms with Crippen molar-refractivity contribution in [3.05, 3.63) is 95.4 Å². The fourth-order valence-corrected chi connectivity index (χ4v) is 2.08. The normalized spacial score (nSPS) is 10.0. The highest BCUT2D eigenvalue weighted by Crippen LogP contribution is 2.23. The fraction of sp³-hybridized carbons (Fsp3) is 0.158. The van der Waals surface area contributed by atoms with E-state index in [0.717, 1.165) is 12.5 Å². The minimum atomic E-state index is -2.15. The summed E-state index contributed by atoms with van der Waals surface area (Å²) < 4.78 is 63.2. The second-order valence-corrected chi connectivity index (χ2v) is 5.25. The standard InChI is InChI=1S/C10H11Cl.C9H5F5/c1-2-3-9-4-6-10(8-11)7-5-9;1-2-3-4-5(10)7(12)9(14)8(13)6(4)11/h2,4-7H,1,3,8H2;2H,1,3H2. The van der Waals surface area contributed by atoms with Crippen molar-refractivity contribution >= 4 is 11.6 Å². The SMILES string of the molecule is C=CCc1c(F)c(F)c(F)c(F)c1F.C=CCc1ccc(CCl)cc1. The molecule has 0 bridgehead atoms. The maximum Gasteiger partial charge on any atom is 0.200 e. The van der Waals surface area contributed by atoms with Gasteiger partial charge in [0, 0.05) is 11.4 Å². The summed E-state index contributed by atoms with van der Waals surface area (Å²) >= 11 is 5.64. The van der Waals surface area contributed by atoms with Gasteiger partial charge < -0.3 is 0 Å². The predicted molar refractivity (Wildman–Crippen MR) is 90.0 cm³/mol. The molecule has 6 heteroatoms. The van der Waals surface area contributed by atoms with Gasteiger partial charge in [0.05, 0.1) is 0 Å². The van der Waals surface area contributed by atoms with Crippen LogP contribution in [-0.4, -0.2) is 0 Å². The summed E-state index contributed by atoms with van der Waals surface area (Å²) in [5, 5.41) is 0. The quantitative estimate of drug-likeness (QED) is 0.190. The van der Waals surface area contributed by atoms with E-state index in [1.54, 1.807) is 0 Å². The Labute approximate surface area is 148 Å². The maximum atomic E-state index is 12.8. The van der Waals surface area contributed by atoms with Crippen molar-refractivity contribution in [1.29, 1.82) is 0 Å². The van der Waals surface area contributed by atoms with Gasteiger partial charge in [0.15, 0.2) is 23.3 Å². The number of halogens is 6. The number of hydrogen-bond acceptors (Lipinski definition) is 0. The summed E-state index contributed by atoms with van der Waals surface area (Å²) in [5.74, 6) is -9.02. The fourth-order valence-electron chi connectivity index (χ4n) is 1.91. The molecule has 0 unspecified atom stereocenters. The molecule has 0 radical (unpaired) electrons. The molecule has 0 N–H and O–H groups in total. The third-order valence-electron chi connectivity index (χ3n) is 3.21. The lowest BCUT2D eigenvalue weighted by Crippen LogP contribution is -2.06. The first kappa shape index (κ1) is 20.9. The molecule has 2 rings (SSSR count). The molecule has 0 fully saturated rings. The van der Waals surface area contributed by atoms with E-state index in [0.29, 0.717) is 5.88 Å². The molecule has 0 amide bonds. The third kappa shape index (κ3) is 5.43. The molecule has 25 heavy (non-hydrogen) atoms. The van der Waals surface area contributed by atoms with Gasteiger partial charge in [-0.2, -0.15) is 0 Å². The zero-order valence-corrected chi connectivity index (χ0v) is 14.0. The Kier molecular flexibility index (Phi) is 8.35. The number of alkyl halides is 1. The summed E-state index contributed by atoms with van der Waals surface area (Å²) in [6.07, 6.45) is 3.47. The zero-order valence-electron chi connectivity index (χ0n) is 13.3. The first-order valence-electron chi connectivity index (χ1n) is 7.23. The molecular weight excluding hydrogens is 359 g/mol. The van der Waals surface area contributed by atoms with Crippen molar-refractivity contribution in [1.82, 2.24) is 0 Å². The third-order valence-corrected chi connectivity index (χ3v) is 3.52. The summed E-state index contributed by atoms with van der Waals surface area (Å²) in [4.78, 5) is 0. The molecule has 0 aliphatic heterocycles. The molecule has 2 aromatic carbocycles. The average Bonchev–Trinajstić information content (AvgIpc) is 2.63. The van der Waals surface area contributed by atoms with Crippen LogP contribution in [0.2, 0.25) is 0 Å². The second kappa shape index (κ2) is 9.99. The minimum Gasteiger partial charge on any atom is -0.203 e. The Hall–Kier alpha value is -2.14. The highest BCUT2D eigenvalue weighted by atomic mass is 35.5. The van der Waals surface area contributed by atoms with E-state index in [1.807, 2.05) is 18.2 Å². The predicted octanol–water partition coefficient (Wildman–Crippen LogP) is 6.26. The Morgan fingerprint density at radius 3 is 1.48 bits per heavy atom. The lowest BCUT2D eigenvalue weighted by atomic mass is 10.1. The minimum absolute atomic E-state index is 0.411. The smallest absolute Gasteiger partial charge is 0.200 e. The van der Waals surface area contributed by atoms with Crippen LogP contribution in [0.5, 0.6) is 0 Å². The molecular formula is C19H16ClF5. The Balaban J connectivity index is 0.000000257. The van der Waals surface area contributed by atoms with Crippen molar-refractivity contribution < 1.29 is 22.0 Å². The largest absolute Gasteiger partial charge is 0.203 e. The molecule has 0 aliphatic rings. The van der Waals surface area contributed by atoms with Gasteiger partial charge in [0.1, 0.15) is 0 Å². The molecule has 0 spiro atoms. The lowest BCUT2D eigenvalue weighted by Gasteiger charge is -2.05. The molecule has 0 saturated heterocycles. The molecule has 0 heterocycles. The molecule has 0 atom stereocenters. The Morgan fingerprint density at radius 2 is 1.08 bits per heavy atom. The summed E-state index contributed by atoms with van der Waals surface area (Å²) in [7, 11) is 0. The van der Waals surface area contributed by atoms with Crippen LogP contribution in [-0.2, 0) is 18.7 Å². The zero-order chi connectivity index (χ0) is 19.0. The van der Waals surface area contributed by atoms with Crippen LogP contribution in [0.1, 0.15) is 16.7 Å². The van der Waals surface area contributed by atoms with E-state index < -0.39 is 41.1 Å². The molecule has 134 valence electrons. The number of hydrogen-bond donors (Lipinski definition) is 0. The van der Waals surface area contributed by atoms with E-state index in [1.165, 1.54) is 11.1 Å². The van der Waals surface area contributed by atoms with Gasteiger partial charge >= 0.3 is 0 Å². The Morgan fingerprint density at radius 1 is 0.680 bits per heavy atom. The molecule has 0 nitrogen and oxygen atoms in total. The van der Waals surface area contributed by atoms with E-state index >= 15 is 0 Å². The summed E-state index contributed by atoms with van der Waals surface area (Å²) in [6, 6.07) is 8.26. The summed E-state index contributed by atoms with van der Waals surface area (Å²) in [5.41, 5.74) is 1.59. The van der Waals surface area contributed by atoms with Crippen molar-refractivity contribution in [3.8, 4) is 0 Å². The average molecular weight is 375 g/mol. The topological polar surface area (TPSA) is 0 Å². The van der Waals surface area contributed by atoms with Crippen molar-refractivity contribution in [2.24, 2.45) is 0 Å². The van der Waals surface area contributed by atoms with Crippen LogP contribution in [0.4, 0.5) is 22.0 Å². The molecule has 0 saturated carbocycles. The number of benzene rings is 2. The van der Waals surface area contributed by atoms with Gasteiger partial charge in [-0.1, -0.05) is 36.4 Å². The maximum absolute atomic E-state index is 12.8. The van der Waals surface area contributed by atoms with E-state index in [4.69, 9.17) is 11.6 Å². The van der Waals surface area contributed by atoms with Crippen LogP contribution in [0.25, 0.3) is 0 Å². The first-order valence-corrected chi connectivity index (χ1v) is 7.76. The molecule has 0 aliphatic carbocycles. The molecule has 0 aromatic heterocycles. The van der Waals surface area contributed by atoms with Crippen molar-refractivity contribution in [2.75, 3.05) is 0 Å². The van der Waals surface area contributed by atoms with Gasteiger partial charge in [-0.3, -0.25) is 0 Å². The van der Waals surface area contributed by atoms with Crippen LogP contribution >= 0.6 is 11.6 Å². The van der Waals surface area contributed by atoms with Crippen molar-refractivity contribution in [2.45, 2.75) is 18.7 Å². The number of allylic oxidation sites excluding steroid dienone is 2. The first-order chi connectivity index (χ1) is 11.9. The van der Waals surface area contributed by atoms with Gasteiger partial charge in [-0.25, -0.2) is 22.0 Å². The van der Waals surface area contributed by atoms with E-state index in [2.05, 4.69) is 25.3 Å². The van der Waals surface area contributed by atoms with Crippen LogP contribution < -0.4 is 0 Å². The van der Waals surface area contributed by atoms with Gasteiger partial charge in [0.2, 0.25) is 5.82 Å². The van der Waals surface area contributed by atoms with Gasteiger partial charge in [0.25, 0.3) is 0 Å². The van der Waals surface area contributed by atoms with E-state index in [9.17, 15) is 22.0 Å². The van der Waals surface area contributed by atoms with Crippen molar-refractivity contribution in [3.63, 3.8) is 0 Å². The van der Waals surface area contributed by atoms with Crippen LogP contribution in [0.15, 0.2) is 49.6 Å². The highest BCUT2D eigenvalue weighted by Gasteiger charge is 2.24. The van der Waals surface area contributed by atoms with Gasteiger partial charge in [-0.15, -0.1) is 24.8 Å².